The average molecular weight is 248 g/mol. The van der Waals surface area contributed by atoms with Crippen molar-refractivity contribution in [1.29, 1.82) is 0 Å². The molecule has 1 heterocycles. The molecule has 0 bridgehead atoms. The third kappa shape index (κ3) is 2.75. The van der Waals surface area contributed by atoms with Gasteiger partial charge in [0, 0.05) is 18.8 Å². The zero-order valence-corrected chi connectivity index (χ0v) is 11.0. The van der Waals surface area contributed by atoms with Gasteiger partial charge in [-0.15, -0.1) is 0 Å². The van der Waals surface area contributed by atoms with Gasteiger partial charge in [-0.05, 0) is 50.5 Å². The number of hydrogen-bond acceptors (Lipinski definition) is 3. The van der Waals surface area contributed by atoms with E-state index in [1.165, 1.54) is 0 Å². The third-order valence-corrected chi connectivity index (χ3v) is 3.27. The van der Waals surface area contributed by atoms with Crippen LogP contribution in [0.25, 0.3) is 0 Å². The number of nitrogens with zero attached hydrogens (tertiary/aromatic N) is 1. The van der Waals surface area contributed by atoms with Crippen LogP contribution in [0.3, 0.4) is 0 Å². The lowest BCUT2D eigenvalue weighted by Crippen LogP contribution is -2.38. The molecule has 1 amide bonds. The van der Waals surface area contributed by atoms with Gasteiger partial charge in [0.2, 0.25) is 0 Å². The zero-order valence-electron chi connectivity index (χ0n) is 11.0. The Hall–Kier alpha value is -1.71. The Labute approximate surface area is 108 Å². The number of carbonyl (C=O) groups excluding carboxylic acids is 1. The number of amides is 1. The third-order valence-electron chi connectivity index (χ3n) is 3.27. The van der Waals surface area contributed by atoms with Crippen LogP contribution in [0.15, 0.2) is 18.2 Å². The van der Waals surface area contributed by atoms with Crippen LogP contribution in [0, 0.1) is 6.92 Å². The van der Waals surface area contributed by atoms with Gasteiger partial charge < -0.3 is 15.4 Å². The van der Waals surface area contributed by atoms with Crippen LogP contribution in [-0.2, 0) is 4.79 Å². The summed E-state index contributed by atoms with van der Waals surface area (Å²) in [5.74, 6) is 0.799. The molecule has 18 heavy (non-hydrogen) atoms. The molecule has 0 aromatic heterocycles. The molecule has 2 N–H and O–H groups in total. The molecule has 1 unspecified atom stereocenters. The Morgan fingerprint density at radius 3 is 2.67 bits per heavy atom. The summed E-state index contributed by atoms with van der Waals surface area (Å²) in [4.78, 5) is 14.0. The number of rotatable bonds is 3. The maximum Gasteiger partial charge on any atom is 0.263 e. The van der Waals surface area contributed by atoms with Crippen LogP contribution in [0.1, 0.15) is 25.3 Å². The molecule has 1 aliphatic heterocycles. The number of aryl methyl sites for hydroxylation is 1. The molecular weight excluding hydrogens is 228 g/mol. The topological polar surface area (TPSA) is 55.6 Å². The van der Waals surface area contributed by atoms with Crippen molar-refractivity contribution in [2.45, 2.75) is 32.8 Å². The standard InChI is InChI=1S/C14H20N2O2/c1-10-9-12(15)5-6-13(10)18-11(2)14(17)16-7-3-4-8-16/h5-6,9,11H,3-4,7-8,15H2,1-2H3. The van der Waals surface area contributed by atoms with E-state index in [9.17, 15) is 4.79 Å². The van der Waals surface area contributed by atoms with Gasteiger partial charge in [0.05, 0.1) is 0 Å². The molecule has 1 aliphatic rings. The van der Waals surface area contributed by atoms with Crippen LogP contribution in [0.2, 0.25) is 0 Å². The Morgan fingerprint density at radius 1 is 1.39 bits per heavy atom. The van der Waals surface area contributed by atoms with Gasteiger partial charge in [0.1, 0.15) is 5.75 Å². The maximum absolute atomic E-state index is 12.1. The first-order chi connectivity index (χ1) is 8.58. The Bertz CT molecular complexity index is 439. The van der Waals surface area contributed by atoms with Crippen molar-refractivity contribution in [2.75, 3.05) is 18.8 Å². The van der Waals surface area contributed by atoms with Crippen LogP contribution in [0.5, 0.6) is 5.75 Å². The normalized spacial score (nSPS) is 16.7. The molecule has 0 aliphatic carbocycles. The molecule has 98 valence electrons. The van der Waals surface area contributed by atoms with Crippen molar-refractivity contribution < 1.29 is 9.53 Å². The van der Waals surface area contributed by atoms with Gasteiger partial charge in [-0.1, -0.05) is 0 Å². The highest BCUT2D eigenvalue weighted by Gasteiger charge is 2.24. The van der Waals surface area contributed by atoms with Crippen molar-refractivity contribution in [2.24, 2.45) is 0 Å². The molecule has 4 heteroatoms. The van der Waals surface area contributed by atoms with Gasteiger partial charge in [-0.25, -0.2) is 0 Å². The van der Waals surface area contributed by atoms with Crippen molar-refractivity contribution in [1.82, 2.24) is 4.90 Å². The number of ether oxygens (including phenoxy) is 1. The van der Waals surface area contributed by atoms with E-state index in [0.717, 1.165) is 37.2 Å². The smallest absolute Gasteiger partial charge is 0.263 e. The fourth-order valence-electron chi connectivity index (χ4n) is 2.24. The lowest BCUT2D eigenvalue weighted by atomic mass is 10.2. The zero-order chi connectivity index (χ0) is 13.1. The Balaban J connectivity index is 2.01. The summed E-state index contributed by atoms with van der Waals surface area (Å²) in [5, 5.41) is 0. The van der Waals surface area contributed by atoms with E-state index in [2.05, 4.69) is 0 Å². The van der Waals surface area contributed by atoms with E-state index in [-0.39, 0.29) is 5.91 Å². The fourth-order valence-corrected chi connectivity index (χ4v) is 2.24. The number of hydrogen-bond donors (Lipinski definition) is 1. The van der Waals surface area contributed by atoms with Crippen molar-refractivity contribution >= 4 is 11.6 Å². The van der Waals surface area contributed by atoms with Crippen LogP contribution < -0.4 is 10.5 Å². The minimum absolute atomic E-state index is 0.0729. The Morgan fingerprint density at radius 2 is 2.06 bits per heavy atom. The minimum atomic E-state index is -0.439. The van der Waals surface area contributed by atoms with Gasteiger partial charge >= 0.3 is 0 Å². The van der Waals surface area contributed by atoms with E-state index in [1.54, 1.807) is 13.0 Å². The molecule has 1 saturated heterocycles. The molecule has 2 rings (SSSR count). The summed E-state index contributed by atoms with van der Waals surface area (Å²) in [7, 11) is 0. The fraction of sp³-hybridized carbons (Fsp3) is 0.500. The molecule has 1 aromatic carbocycles. The first-order valence-corrected chi connectivity index (χ1v) is 6.39. The number of nitrogen functional groups attached to an aromatic ring is 1. The first-order valence-electron chi connectivity index (χ1n) is 6.39. The largest absolute Gasteiger partial charge is 0.481 e. The van der Waals surface area contributed by atoms with Crippen LogP contribution in [0.4, 0.5) is 5.69 Å². The van der Waals surface area contributed by atoms with E-state index < -0.39 is 6.10 Å². The van der Waals surface area contributed by atoms with Crippen molar-refractivity contribution in [3.8, 4) is 5.75 Å². The van der Waals surface area contributed by atoms with Crippen molar-refractivity contribution in [3.63, 3.8) is 0 Å². The SMILES string of the molecule is Cc1cc(N)ccc1OC(C)C(=O)N1CCCC1. The quantitative estimate of drug-likeness (QED) is 0.832. The molecule has 1 atom stereocenters. The van der Waals surface area contributed by atoms with Gasteiger partial charge in [-0.3, -0.25) is 4.79 Å². The summed E-state index contributed by atoms with van der Waals surface area (Å²) < 4.78 is 5.73. The number of benzene rings is 1. The minimum Gasteiger partial charge on any atom is -0.481 e. The first kappa shape index (κ1) is 12.7. The lowest BCUT2D eigenvalue weighted by molar-refractivity contribution is -0.136. The number of nitrogens with two attached hydrogens (primary N) is 1. The second-order valence-corrected chi connectivity index (χ2v) is 4.82. The highest BCUT2D eigenvalue weighted by Crippen LogP contribution is 2.22. The molecule has 0 spiro atoms. The maximum atomic E-state index is 12.1. The van der Waals surface area contributed by atoms with E-state index in [0.29, 0.717) is 5.69 Å². The summed E-state index contributed by atoms with van der Waals surface area (Å²) in [6.07, 6.45) is 1.75. The Kier molecular flexibility index (Phi) is 3.75. The van der Waals surface area contributed by atoms with Gasteiger partial charge in [-0.2, -0.15) is 0 Å². The molecule has 4 nitrogen and oxygen atoms in total. The highest BCUT2D eigenvalue weighted by atomic mass is 16.5. The second-order valence-electron chi connectivity index (χ2n) is 4.82. The average Bonchev–Trinajstić information content (AvgIpc) is 2.85. The highest BCUT2D eigenvalue weighted by molar-refractivity contribution is 5.81. The molecule has 0 saturated carbocycles. The van der Waals surface area contributed by atoms with E-state index >= 15 is 0 Å². The van der Waals surface area contributed by atoms with Crippen LogP contribution >= 0.6 is 0 Å². The second kappa shape index (κ2) is 5.29. The van der Waals surface area contributed by atoms with Gasteiger partial charge in [0.15, 0.2) is 6.10 Å². The molecule has 1 aromatic rings. The van der Waals surface area contributed by atoms with Gasteiger partial charge in [0.25, 0.3) is 5.91 Å². The number of likely N-dealkylation sites (tertiary alicyclic amines) is 1. The summed E-state index contributed by atoms with van der Waals surface area (Å²) in [6, 6.07) is 5.45. The van der Waals surface area contributed by atoms with Crippen molar-refractivity contribution in [3.05, 3.63) is 23.8 Å². The molecule has 0 radical (unpaired) electrons. The predicted molar refractivity (Wildman–Crippen MR) is 71.5 cm³/mol. The lowest BCUT2D eigenvalue weighted by Gasteiger charge is -2.22. The predicted octanol–water partition coefficient (Wildman–Crippen LogP) is 1.97. The molecule has 1 fully saturated rings. The monoisotopic (exact) mass is 248 g/mol. The van der Waals surface area contributed by atoms with Crippen LogP contribution in [-0.4, -0.2) is 30.0 Å². The summed E-state index contributed by atoms with van der Waals surface area (Å²) >= 11 is 0. The number of anilines is 1. The number of carbonyl (C=O) groups is 1. The van der Waals surface area contributed by atoms with E-state index in [1.807, 2.05) is 24.0 Å². The molecular formula is C14H20N2O2. The summed E-state index contributed by atoms with van der Waals surface area (Å²) in [6.45, 7) is 5.44. The van der Waals surface area contributed by atoms with E-state index in [4.69, 9.17) is 10.5 Å². The summed E-state index contributed by atoms with van der Waals surface area (Å²) in [5.41, 5.74) is 7.35.